The third-order valence-electron chi connectivity index (χ3n) is 3.06. The molecule has 2 rings (SSSR count). The number of hydrogen-bond acceptors (Lipinski definition) is 5. The van der Waals surface area contributed by atoms with Gasteiger partial charge in [0.25, 0.3) is 0 Å². The largest absolute Gasteiger partial charge is 0.497 e. The van der Waals surface area contributed by atoms with E-state index >= 15 is 0 Å². The highest BCUT2D eigenvalue weighted by Crippen LogP contribution is 2.21. The van der Waals surface area contributed by atoms with Crippen LogP contribution < -0.4 is 10.1 Å². The summed E-state index contributed by atoms with van der Waals surface area (Å²) in [6.07, 6.45) is 1.05. The lowest BCUT2D eigenvalue weighted by atomic mass is 10.1. The van der Waals surface area contributed by atoms with Gasteiger partial charge in [-0.25, -0.2) is 0 Å². The minimum absolute atomic E-state index is 0.0462. The third-order valence-corrected chi connectivity index (χ3v) is 3.06. The van der Waals surface area contributed by atoms with E-state index in [0.29, 0.717) is 37.1 Å². The first-order valence-electron chi connectivity index (χ1n) is 7.32. The Morgan fingerprint density at radius 1 is 1.27 bits per heavy atom. The second-order valence-electron chi connectivity index (χ2n) is 5.43. The number of carbonyl (C=O) groups is 1. The maximum absolute atomic E-state index is 11.5. The third kappa shape index (κ3) is 4.58. The van der Waals surface area contributed by atoms with Gasteiger partial charge in [0.2, 0.25) is 17.7 Å². The first-order chi connectivity index (χ1) is 10.6. The first kappa shape index (κ1) is 16.0. The van der Waals surface area contributed by atoms with E-state index in [1.807, 2.05) is 38.1 Å². The Labute approximate surface area is 129 Å². The molecule has 0 aliphatic heterocycles. The number of nitrogens with one attached hydrogen (secondary N) is 1. The van der Waals surface area contributed by atoms with E-state index in [1.165, 1.54) is 0 Å². The molecule has 0 aliphatic rings. The van der Waals surface area contributed by atoms with Crippen molar-refractivity contribution in [1.82, 2.24) is 15.5 Å². The van der Waals surface area contributed by atoms with Crippen molar-refractivity contribution in [2.45, 2.75) is 26.7 Å². The number of carbonyl (C=O) groups excluding carboxylic acids is 1. The predicted octanol–water partition coefficient (Wildman–Crippen LogP) is 2.45. The number of nitrogens with zero attached hydrogens (tertiary/aromatic N) is 2. The van der Waals surface area contributed by atoms with Gasteiger partial charge in [-0.3, -0.25) is 4.79 Å². The van der Waals surface area contributed by atoms with Crippen LogP contribution in [0, 0.1) is 5.92 Å². The Morgan fingerprint density at radius 3 is 2.64 bits per heavy atom. The Balaban J connectivity index is 1.87. The first-order valence-corrected chi connectivity index (χ1v) is 7.32. The highest BCUT2D eigenvalue weighted by molar-refractivity contribution is 5.76. The monoisotopic (exact) mass is 303 g/mol. The minimum atomic E-state index is 0.0462. The molecule has 6 nitrogen and oxygen atoms in total. The molecule has 2 aromatic rings. The average Bonchev–Trinajstić information content (AvgIpc) is 2.95. The molecule has 6 heteroatoms. The van der Waals surface area contributed by atoms with Crippen LogP contribution in [0.4, 0.5) is 0 Å². The number of ether oxygens (including phenoxy) is 1. The Bertz CT molecular complexity index is 605. The number of methoxy groups -OCH3 is 1. The van der Waals surface area contributed by atoms with Crippen molar-refractivity contribution in [2.24, 2.45) is 5.92 Å². The zero-order valence-electron chi connectivity index (χ0n) is 13.1. The van der Waals surface area contributed by atoms with Gasteiger partial charge in [0, 0.05) is 24.9 Å². The van der Waals surface area contributed by atoms with Crippen molar-refractivity contribution in [1.29, 1.82) is 0 Å². The van der Waals surface area contributed by atoms with Gasteiger partial charge >= 0.3 is 0 Å². The predicted molar refractivity (Wildman–Crippen MR) is 82.5 cm³/mol. The van der Waals surface area contributed by atoms with Crippen molar-refractivity contribution >= 4 is 5.91 Å². The molecule has 1 aromatic heterocycles. The summed E-state index contributed by atoms with van der Waals surface area (Å²) in [6, 6.07) is 7.40. The summed E-state index contributed by atoms with van der Waals surface area (Å²) in [5.74, 6) is 2.15. The number of rotatable bonds is 7. The normalized spacial score (nSPS) is 10.7. The maximum atomic E-state index is 11.5. The van der Waals surface area contributed by atoms with Crippen LogP contribution in [0.5, 0.6) is 5.75 Å². The van der Waals surface area contributed by atoms with Crippen molar-refractivity contribution in [3.05, 3.63) is 30.2 Å². The van der Waals surface area contributed by atoms with Gasteiger partial charge in [0.1, 0.15) is 5.75 Å². The molecule has 1 N–H and O–H groups in total. The molecule has 0 atom stereocenters. The summed E-state index contributed by atoms with van der Waals surface area (Å²) in [5, 5.41) is 10.9. The van der Waals surface area contributed by atoms with Gasteiger partial charge in [-0.2, -0.15) is 0 Å². The molecular formula is C16H21N3O3. The smallest absolute Gasteiger partial charge is 0.247 e. The molecule has 1 amide bonds. The van der Waals surface area contributed by atoms with E-state index in [4.69, 9.17) is 9.15 Å². The zero-order valence-corrected chi connectivity index (χ0v) is 13.1. The molecule has 1 aromatic carbocycles. The average molecular weight is 303 g/mol. The summed E-state index contributed by atoms with van der Waals surface area (Å²) in [5.41, 5.74) is 0.836. The van der Waals surface area contributed by atoms with E-state index < -0.39 is 0 Å². The van der Waals surface area contributed by atoms with Gasteiger partial charge in [-0.1, -0.05) is 13.8 Å². The van der Waals surface area contributed by atoms with Crippen molar-refractivity contribution < 1.29 is 13.9 Å². The molecule has 22 heavy (non-hydrogen) atoms. The molecule has 0 unspecified atom stereocenters. The lowest BCUT2D eigenvalue weighted by Crippen LogP contribution is -2.26. The molecule has 0 saturated carbocycles. The van der Waals surface area contributed by atoms with Crippen molar-refractivity contribution in [3.8, 4) is 17.2 Å². The van der Waals surface area contributed by atoms with Crippen LogP contribution in [0.2, 0.25) is 0 Å². The Kier molecular flexibility index (Phi) is 5.52. The molecular weight excluding hydrogens is 282 g/mol. The molecule has 0 bridgehead atoms. The van der Waals surface area contributed by atoms with Crippen LogP contribution in [0.25, 0.3) is 11.5 Å². The molecule has 0 saturated heterocycles. The second-order valence-corrected chi connectivity index (χ2v) is 5.43. The van der Waals surface area contributed by atoms with Crippen LogP contribution in [-0.2, 0) is 11.2 Å². The number of amides is 1. The van der Waals surface area contributed by atoms with Crippen LogP contribution >= 0.6 is 0 Å². The fraction of sp³-hybridized carbons (Fsp3) is 0.438. The Hall–Kier alpha value is -2.37. The van der Waals surface area contributed by atoms with Gasteiger partial charge in [0.05, 0.1) is 7.11 Å². The van der Waals surface area contributed by atoms with Crippen LogP contribution in [0.3, 0.4) is 0 Å². The molecule has 0 aliphatic carbocycles. The molecule has 1 heterocycles. The summed E-state index contributed by atoms with van der Waals surface area (Å²) < 4.78 is 10.7. The van der Waals surface area contributed by atoms with E-state index in [2.05, 4.69) is 15.5 Å². The van der Waals surface area contributed by atoms with Gasteiger partial charge < -0.3 is 14.5 Å². The highest BCUT2D eigenvalue weighted by Gasteiger charge is 2.09. The van der Waals surface area contributed by atoms with Crippen LogP contribution in [-0.4, -0.2) is 29.8 Å². The van der Waals surface area contributed by atoms with E-state index in [9.17, 15) is 4.79 Å². The minimum Gasteiger partial charge on any atom is -0.497 e. The van der Waals surface area contributed by atoms with Crippen LogP contribution in [0.15, 0.2) is 28.7 Å². The topological polar surface area (TPSA) is 77.3 Å². The standard InChI is InChI=1S/C16H21N3O3/c1-11(2)10-14(20)17-9-8-15-18-19-16(22-15)12-4-6-13(21-3)7-5-12/h4-7,11H,8-10H2,1-3H3,(H,17,20). The number of aromatic nitrogens is 2. The summed E-state index contributed by atoms with van der Waals surface area (Å²) in [7, 11) is 1.62. The SMILES string of the molecule is COc1ccc(-c2nnc(CCNC(=O)CC(C)C)o2)cc1. The summed E-state index contributed by atoms with van der Waals surface area (Å²) >= 11 is 0. The molecule has 0 fully saturated rings. The van der Waals surface area contributed by atoms with Gasteiger partial charge in [-0.05, 0) is 30.2 Å². The summed E-state index contributed by atoms with van der Waals surface area (Å²) in [4.78, 5) is 11.5. The fourth-order valence-corrected chi connectivity index (χ4v) is 1.96. The van der Waals surface area contributed by atoms with E-state index in [1.54, 1.807) is 7.11 Å². The molecule has 0 spiro atoms. The Morgan fingerprint density at radius 2 is 2.00 bits per heavy atom. The number of benzene rings is 1. The van der Waals surface area contributed by atoms with Gasteiger partial charge in [-0.15, -0.1) is 10.2 Å². The fourth-order valence-electron chi connectivity index (χ4n) is 1.96. The lowest BCUT2D eigenvalue weighted by molar-refractivity contribution is -0.121. The van der Waals surface area contributed by atoms with Crippen molar-refractivity contribution in [2.75, 3.05) is 13.7 Å². The van der Waals surface area contributed by atoms with Crippen molar-refractivity contribution in [3.63, 3.8) is 0 Å². The second kappa shape index (κ2) is 7.59. The van der Waals surface area contributed by atoms with Gasteiger partial charge in [0.15, 0.2) is 0 Å². The zero-order chi connectivity index (χ0) is 15.9. The van der Waals surface area contributed by atoms with E-state index in [0.717, 1.165) is 11.3 Å². The number of hydrogen-bond donors (Lipinski definition) is 1. The quantitative estimate of drug-likeness (QED) is 0.850. The highest BCUT2D eigenvalue weighted by atomic mass is 16.5. The maximum Gasteiger partial charge on any atom is 0.247 e. The molecule has 0 radical (unpaired) electrons. The summed E-state index contributed by atoms with van der Waals surface area (Å²) in [6.45, 7) is 4.52. The molecule has 118 valence electrons. The lowest BCUT2D eigenvalue weighted by Gasteiger charge is -2.05. The van der Waals surface area contributed by atoms with E-state index in [-0.39, 0.29) is 5.91 Å². The van der Waals surface area contributed by atoms with Crippen LogP contribution in [0.1, 0.15) is 26.2 Å².